The number of azide groups is 2. The number of hydrogen-bond donors (Lipinski definition) is 2. The topological polar surface area (TPSA) is 278 Å². The van der Waals surface area contributed by atoms with E-state index in [9.17, 15) is 28.8 Å². The molecule has 0 bridgehead atoms. The van der Waals surface area contributed by atoms with Crippen LogP contribution in [0.3, 0.4) is 0 Å². The van der Waals surface area contributed by atoms with Gasteiger partial charge in [-0.1, -0.05) is 23.1 Å². The number of aryl methyl sites for hydroxylation is 2. The van der Waals surface area contributed by atoms with Crippen molar-refractivity contribution in [2.75, 3.05) is 13.2 Å². The molecule has 4 heterocycles. The van der Waals surface area contributed by atoms with Crippen molar-refractivity contribution in [3.63, 3.8) is 0 Å². The summed E-state index contributed by atoms with van der Waals surface area (Å²) < 4.78 is 24.7. The zero-order valence-electron chi connectivity index (χ0n) is 26.4. The maximum atomic E-state index is 12.3. The van der Waals surface area contributed by atoms with Crippen molar-refractivity contribution in [1.82, 2.24) is 19.1 Å². The second-order valence-electron chi connectivity index (χ2n) is 11.5. The number of rotatable bonds is 15. The Morgan fingerprint density at radius 1 is 0.771 bits per heavy atom. The molecule has 48 heavy (non-hydrogen) atoms. The zero-order valence-corrected chi connectivity index (χ0v) is 26.4. The van der Waals surface area contributed by atoms with Crippen molar-refractivity contribution < 1.29 is 28.5 Å². The van der Waals surface area contributed by atoms with E-state index >= 15 is 0 Å². The highest BCUT2D eigenvalue weighted by atomic mass is 16.6. The Bertz CT molecular complexity index is 1690. The largest absolute Gasteiger partial charge is 0.463 e. The van der Waals surface area contributed by atoms with E-state index in [-0.39, 0.29) is 38.9 Å². The third-order valence-corrected chi connectivity index (χ3v) is 8.05. The van der Waals surface area contributed by atoms with Gasteiger partial charge in [0, 0.05) is 59.0 Å². The number of carbonyl (C=O) groups excluding carboxylic acids is 2. The van der Waals surface area contributed by atoms with E-state index in [2.05, 4.69) is 30.0 Å². The summed E-state index contributed by atoms with van der Waals surface area (Å²) in [5, 5.41) is 7.40. The van der Waals surface area contributed by atoms with Crippen LogP contribution in [0.25, 0.3) is 20.9 Å². The molecule has 0 aromatic carbocycles. The number of nitrogens with one attached hydrogen (secondary N) is 2. The molecule has 0 radical (unpaired) electrons. The van der Waals surface area contributed by atoms with Gasteiger partial charge in [0.15, 0.2) is 0 Å². The lowest BCUT2D eigenvalue weighted by Crippen LogP contribution is -2.33. The lowest BCUT2D eigenvalue weighted by Gasteiger charge is -2.17. The fourth-order valence-corrected chi connectivity index (χ4v) is 5.43. The molecule has 6 atom stereocenters. The Labute approximate surface area is 271 Å². The van der Waals surface area contributed by atoms with Crippen molar-refractivity contribution in [2.45, 2.75) is 102 Å². The quantitative estimate of drug-likeness (QED) is 0.0913. The van der Waals surface area contributed by atoms with E-state index in [1.165, 1.54) is 35.4 Å². The second-order valence-corrected chi connectivity index (χ2v) is 11.5. The van der Waals surface area contributed by atoms with Crippen LogP contribution in [0.2, 0.25) is 0 Å². The van der Waals surface area contributed by atoms with Gasteiger partial charge in [-0.15, -0.1) is 0 Å². The maximum absolute atomic E-state index is 12.3. The molecule has 20 nitrogen and oxygen atoms in total. The first-order chi connectivity index (χ1) is 23.0. The molecule has 0 unspecified atom stereocenters. The van der Waals surface area contributed by atoms with Crippen LogP contribution in [-0.4, -0.2) is 68.5 Å². The molecule has 2 N–H and O–H groups in total. The summed E-state index contributed by atoms with van der Waals surface area (Å²) in [6.45, 7) is 2.70. The molecular formula is C28H36N10O10. The highest BCUT2D eigenvalue weighted by Crippen LogP contribution is 2.31. The standard InChI is InChI=1S/C28H36N10O10/c1-15-11-37(27(43)31-25(15)41)21-9-17(33-35-29)19(47-21)13-45-23(39)7-5-3-4-6-8-24(40)46-14-20-18(34-36-30)10-22(48-20)38-12-16(2)26(42)32-28(38)44/h11-12,17-22H,3-10,13-14H2,1-2H3,(H,31,41,43)(H,32,42,44)/t17-,18-,19+,20+,21+,22+/m0/s1. The second kappa shape index (κ2) is 16.6. The summed E-state index contributed by atoms with van der Waals surface area (Å²) in [5.74, 6) is -0.969. The molecule has 2 aliphatic rings. The molecule has 20 heteroatoms. The minimum Gasteiger partial charge on any atom is -0.463 e. The van der Waals surface area contributed by atoms with Gasteiger partial charge in [-0.2, -0.15) is 0 Å². The summed E-state index contributed by atoms with van der Waals surface area (Å²) in [7, 11) is 0. The van der Waals surface area contributed by atoms with Gasteiger partial charge in [0.25, 0.3) is 11.1 Å². The summed E-state index contributed by atoms with van der Waals surface area (Å²) >= 11 is 0. The number of carbonyl (C=O) groups is 2. The number of H-pyrrole nitrogens is 2. The molecule has 2 aliphatic heterocycles. The van der Waals surface area contributed by atoms with E-state index in [1.54, 1.807) is 0 Å². The molecule has 4 rings (SSSR count). The van der Waals surface area contributed by atoms with E-state index in [4.69, 9.17) is 30.0 Å². The third kappa shape index (κ3) is 9.22. The SMILES string of the molecule is Cc1cn([C@H]2C[C@H](N=[N+]=[N-])[C@@H](COC(=O)CCCCCCC(=O)OC[C@H]3O[C@@H](n4cc(C)c(=O)[nH]c4=O)C[C@@H]3N=[N+]=[N-])O2)c(=O)[nH]c1=O. The molecule has 2 aromatic rings. The molecule has 258 valence electrons. The van der Waals surface area contributed by atoms with Crippen molar-refractivity contribution in [1.29, 1.82) is 0 Å². The maximum Gasteiger partial charge on any atom is 0.330 e. The van der Waals surface area contributed by atoms with Crippen LogP contribution in [0.4, 0.5) is 0 Å². The summed E-state index contributed by atoms with van der Waals surface area (Å²) in [6, 6.07) is -1.38. The number of hydrogen-bond acceptors (Lipinski definition) is 12. The molecular weight excluding hydrogens is 636 g/mol. The fourth-order valence-electron chi connectivity index (χ4n) is 5.43. The van der Waals surface area contributed by atoms with Crippen LogP contribution < -0.4 is 22.5 Å². The number of aromatic amines is 2. The Morgan fingerprint density at radius 3 is 1.54 bits per heavy atom. The number of esters is 2. The van der Waals surface area contributed by atoms with Gasteiger partial charge in [-0.3, -0.25) is 38.3 Å². The number of unbranched alkanes of at least 4 members (excludes halogenated alkanes) is 3. The number of nitrogens with zero attached hydrogens (tertiary/aromatic N) is 8. The van der Waals surface area contributed by atoms with Gasteiger partial charge in [-0.05, 0) is 37.8 Å². The molecule has 2 fully saturated rings. The molecule has 0 spiro atoms. The van der Waals surface area contributed by atoms with Gasteiger partial charge >= 0.3 is 23.3 Å². The average Bonchev–Trinajstić information content (AvgIpc) is 3.64. The Balaban J connectivity index is 1.13. The minimum atomic E-state index is -0.813. The highest BCUT2D eigenvalue weighted by Gasteiger charge is 2.38. The lowest BCUT2D eigenvalue weighted by molar-refractivity contribution is -0.149. The molecule has 0 saturated carbocycles. The van der Waals surface area contributed by atoms with E-state index in [1.807, 2.05) is 0 Å². The average molecular weight is 673 g/mol. The van der Waals surface area contributed by atoms with Crippen LogP contribution in [0.15, 0.2) is 41.8 Å². The number of aromatic nitrogens is 4. The van der Waals surface area contributed by atoms with Crippen LogP contribution in [0, 0.1) is 13.8 Å². The normalized spacial score (nSPS) is 23.2. The molecule has 0 aliphatic carbocycles. The van der Waals surface area contributed by atoms with Crippen molar-refractivity contribution in [3.05, 3.63) is 86.1 Å². The molecule has 2 aromatic heterocycles. The third-order valence-electron chi connectivity index (χ3n) is 8.05. The Kier molecular flexibility index (Phi) is 12.3. The fraction of sp³-hybridized carbons (Fsp3) is 0.643. The van der Waals surface area contributed by atoms with Crippen molar-refractivity contribution >= 4 is 11.9 Å². The van der Waals surface area contributed by atoms with E-state index in [0.717, 1.165) is 0 Å². The molecule has 2 saturated heterocycles. The van der Waals surface area contributed by atoms with Gasteiger partial charge < -0.3 is 18.9 Å². The first-order valence-corrected chi connectivity index (χ1v) is 15.4. The zero-order chi connectivity index (χ0) is 34.8. The van der Waals surface area contributed by atoms with E-state index < -0.39 is 71.2 Å². The van der Waals surface area contributed by atoms with Crippen LogP contribution in [0.5, 0.6) is 0 Å². The predicted molar refractivity (Wildman–Crippen MR) is 165 cm³/mol. The Morgan fingerprint density at radius 2 is 1.17 bits per heavy atom. The monoisotopic (exact) mass is 672 g/mol. The first-order valence-electron chi connectivity index (χ1n) is 15.4. The highest BCUT2D eigenvalue weighted by molar-refractivity contribution is 5.69. The van der Waals surface area contributed by atoms with Crippen molar-refractivity contribution in [2.24, 2.45) is 10.2 Å². The van der Waals surface area contributed by atoms with Gasteiger partial charge in [0.1, 0.15) is 37.9 Å². The number of ether oxygens (including phenoxy) is 4. The first kappa shape index (κ1) is 35.7. The van der Waals surface area contributed by atoms with E-state index in [0.29, 0.717) is 36.8 Å². The van der Waals surface area contributed by atoms with Gasteiger partial charge in [0.05, 0.1) is 12.1 Å². The van der Waals surface area contributed by atoms with Gasteiger partial charge in [0.2, 0.25) is 0 Å². The summed E-state index contributed by atoms with van der Waals surface area (Å²) in [4.78, 5) is 82.4. The summed E-state index contributed by atoms with van der Waals surface area (Å²) in [6.07, 6.45) is 2.35. The van der Waals surface area contributed by atoms with Crippen molar-refractivity contribution in [3.8, 4) is 0 Å². The van der Waals surface area contributed by atoms with Crippen LogP contribution in [0.1, 0.15) is 74.9 Å². The van der Waals surface area contributed by atoms with Gasteiger partial charge in [-0.25, -0.2) is 9.59 Å². The van der Waals surface area contributed by atoms with Crippen LogP contribution in [-0.2, 0) is 28.5 Å². The lowest BCUT2D eigenvalue weighted by atomic mass is 10.1. The predicted octanol–water partition coefficient (Wildman–Crippen LogP) is 2.06. The Hall–Kier alpha value is -5.16. The summed E-state index contributed by atoms with van der Waals surface area (Å²) in [5.41, 5.74) is 16.1. The minimum absolute atomic E-state index is 0.115. The smallest absolute Gasteiger partial charge is 0.330 e. The molecule has 0 amide bonds. The van der Waals surface area contributed by atoms with Crippen LogP contribution >= 0.6 is 0 Å².